The molecule has 0 radical (unpaired) electrons. The van der Waals surface area contributed by atoms with E-state index in [0.717, 1.165) is 35.8 Å². The number of benzene rings is 1. The third-order valence-corrected chi connectivity index (χ3v) is 5.55. The van der Waals surface area contributed by atoms with Gasteiger partial charge in [-0.3, -0.25) is 9.59 Å². The van der Waals surface area contributed by atoms with Crippen molar-refractivity contribution in [3.63, 3.8) is 0 Å². The van der Waals surface area contributed by atoms with Gasteiger partial charge >= 0.3 is 0 Å². The van der Waals surface area contributed by atoms with Gasteiger partial charge in [-0.1, -0.05) is 12.1 Å². The van der Waals surface area contributed by atoms with Crippen LogP contribution in [0.2, 0.25) is 0 Å². The number of nitrogens with zero attached hydrogens (tertiary/aromatic N) is 2. The van der Waals surface area contributed by atoms with Crippen LogP contribution in [0.5, 0.6) is 0 Å². The Morgan fingerprint density at radius 3 is 2.96 bits per heavy atom. The molecule has 5 nitrogen and oxygen atoms in total. The fourth-order valence-corrected chi connectivity index (χ4v) is 4.16. The van der Waals surface area contributed by atoms with E-state index in [4.69, 9.17) is 4.74 Å². The zero-order chi connectivity index (χ0) is 16.9. The summed E-state index contributed by atoms with van der Waals surface area (Å²) in [6.07, 6.45) is 2.75. The summed E-state index contributed by atoms with van der Waals surface area (Å²) in [4.78, 5) is 29.5. The van der Waals surface area contributed by atoms with E-state index in [2.05, 4.69) is 0 Å². The molecule has 0 bridgehead atoms. The number of anilines is 1. The molecule has 1 atom stereocenters. The van der Waals surface area contributed by atoms with Gasteiger partial charge in [-0.2, -0.15) is 0 Å². The van der Waals surface area contributed by atoms with Gasteiger partial charge in [-0.05, 0) is 25.0 Å². The number of likely N-dealkylation sites (N-methyl/N-ethyl adjacent to an activating group) is 1. The van der Waals surface area contributed by atoms with Crippen molar-refractivity contribution in [2.75, 3.05) is 37.4 Å². The van der Waals surface area contributed by atoms with E-state index in [-0.39, 0.29) is 30.8 Å². The molecule has 1 saturated heterocycles. The van der Waals surface area contributed by atoms with Crippen LogP contribution in [0.3, 0.4) is 0 Å². The Balaban J connectivity index is 1.51. The molecule has 2 amide bonds. The first-order valence-electron chi connectivity index (χ1n) is 8.53. The normalized spacial score (nSPS) is 19.9. The highest BCUT2D eigenvalue weighted by Crippen LogP contribution is 2.34. The van der Waals surface area contributed by atoms with Crippen molar-refractivity contribution >= 4 is 29.3 Å². The van der Waals surface area contributed by atoms with Crippen LogP contribution in [0.15, 0.2) is 29.2 Å². The largest absolute Gasteiger partial charge is 0.376 e. The minimum Gasteiger partial charge on any atom is -0.376 e. The van der Waals surface area contributed by atoms with Crippen LogP contribution in [-0.2, 0) is 14.3 Å². The van der Waals surface area contributed by atoms with Gasteiger partial charge in [0.25, 0.3) is 0 Å². The molecule has 3 rings (SSSR count). The second-order valence-electron chi connectivity index (χ2n) is 6.27. The van der Waals surface area contributed by atoms with E-state index in [1.165, 1.54) is 0 Å². The van der Waals surface area contributed by atoms with Gasteiger partial charge in [0.15, 0.2) is 0 Å². The molecule has 0 aromatic heterocycles. The molecule has 0 aliphatic carbocycles. The molecule has 1 fully saturated rings. The molecular weight excluding hydrogens is 324 g/mol. The van der Waals surface area contributed by atoms with Crippen LogP contribution >= 0.6 is 11.8 Å². The minimum absolute atomic E-state index is 0.0125. The highest BCUT2D eigenvalue weighted by atomic mass is 32.2. The molecule has 0 N–H and O–H groups in total. The average molecular weight is 348 g/mol. The first-order valence-corrected chi connectivity index (χ1v) is 9.51. The SMILES string of the molecule is CN(C[C@@H]1CCCO1)C(=O)CCC(=O)N1CCSc2ccccc21. The van der Waals surface area contributed by atoms with E-state index in [9.17, 15) is 9.59 Å². The van der Waals surface area contributed by atoms with Crippen molar-refractivity contribution in [2.45, 2.75) is 36.7 Å². The van der Waals surface area contributed by atoms with Crippen molar-refractivity contribution in [3.8, 4) is 0 Å². The summed E-state index contributed by atoms with van der Waals surface area (Å²) in [6.45, 7) is 2.12. The molecule has 130 valence electrons. The molecule has 24 heavy (non-hydrogen) atoms. The Labute approximate surface area is 147 Å². The Hall–Kier alpha value is -1.53. The first-order chi connectivity index (χ1) is 11.6. The van der Waals surface area contributed by atoms with E-state index in [1.54, 1.807) is 23.7 Å². The fraction of sp³-hybridized carbons (Fsp3) is 0.556. The monoisotopic (exact) mass is 348 g/mol. The Bertz CT molecular complexity index is 602. The highest BCUT2D eigenvalue weighted by molar-refractivity contribution is 7.99. The lowest BCUT2D eigenvalue weighted by Gasteiger charge is -2.29. The van der Waals surface area contributed by atoms with Gasteiger partial charge in [-0.15, -0.1) is 11.8 Å². The van der Waals surface area contributed by atoms with Gasteiger partial charge in [0, 0.05) is 50.2 Å². The number of amides is 2. The van der Waals surface area contributed by atoms with Gasteiger partial charge in [0.05, 0.1) is 11.8 Å². The van der Waals surface area contributed by atoms with Crippen molar-refractivity contribution in [1.29, 1.82) is 0 Å². The van der Waals surface area contributed by atoms with Gasteiger partial charge in [-0.25, -0.2) is 0 Å². The summed E-state index contributed by atoms with van der Waals surface area (Å²) in [7, 11) is 1.79. The first kappa shape index (κ1) is 17.3. The zero-order valence-electron chi connectivity index (χ0n) is 14.1. The number of fused-ring (bicyclic) bond motifs is 1. The van der Waals surface area contributed by atoms with Gasteiger partial charge < -0.3 is 14.5 Å². The fourth-order valence-electron chi connectivity index (χ4n) is 3.16. The summed E-state index contributed by atoms with van der Waals surface area (Å²) < 4.78 is 5.56. The molecule has 2 heterocycles. The summed E-state index contributed by atoms with van der Waals surface area (Å²) >= 11 is 1.77. The minimum atomic E-state index is 0.0125. The van der Waals surface area contributed by atoms with E-state index in [0.29, 0.717) is 13.1 Å². The molecule has 1 aromatic rings. The Kier molecular flexibility index (Phi) is 5.79. The predicted octanol–water partition coefficient (Wildman–Crippen LogP) is 2.54. The molecule has 0 spiro atoms. The van der Waals surface area contributed by atoms with Crippen LogP contribution < -0.4 is 4.90 Å². The van der Waals surface area contributed by atoms with Crippen molar-refractivity contribution in [1.82, 2.24) is 4.90 Å². The number of carbonyl (C=O) groups is 2. The third kappa shape index (κ3) is 4.11. The van der Waals surface area contributed by atoms with Crippen LogP contribution in [0.1, 0.15) is 25.7 Å². The van der Waals surface area contributed by atoms with E-state index < -0.39 is 0 Å². The number of hydrogen-bond acceptors (Lipinski definition) is 4. The highest BCUT2D eigenvalue weighted by Gasteiger charge is 2.24. The summed E-state index contributed by atoms with van der Waals surface area (Å²) in [5, 5.41) is 0. The van der Waals surface area contributed by atoms with E-state index >= 15 is 0 Å². The number of thioether (sulfide) groups is 1. The molecule has 2 aliphatic heterocycles. The standard InChI is InChI=1S/C18H24N2O3S/c1-19(13-14-5-4-11-23-14)17(21)8-9-18(22)20-10-12-24-16-7-3-2-6-15(16)20/h2-3,6-7,14H,4-5,8-13H2,1H3/t14-/m0/s1. The Morgan fingerprint density at radius 1 is 1.33 bits per heavy atom. The van der Waals surface area contributed by atoms with Crippen molar-refractivity contribution in [3.05, 3.63) is 24.3 Å². The van der Waals surface area contributed by atoms with Crippen LogP contribution in [0, 0.1) is 0 Å². The number of ether oxygens (including phenoxy) is 1. The summed E-state index contributed by atoms with van der Waals surface area (Å²) in [6, 6.07) is 7.96. The lowest BCUT2D eigenvalue weighted by molar-refractivity contribution is -0.133. The van der Waals surface area contributed by atoms with Gasteiger partial charge in [0.2, 0.25) is 11.8 Å². The lowest BCUT2D eigenvalue weighted by atomic mass is 10.2. The van der Waals surface area contributed by atoms with Crippen molar-refractivity contribution < 1.29 is 14.3 Å². The molecule has 0 unspecified atom stereocenters. The third-order valence-electron chi connectivity index (χ3n) is 4.51. The summed E-state index contributed by atoms with van der Waals surface area (Å²) in [5.41, 5.74) is 0.971. The van der Waals surface area contributed by atoms with Gasteiger partial charge in [0.1, 0.15) is 0 Å². The maximum Gasteiger partial charge on any atom is 0.227 e. The number of hydrogen-bond donors (Lipinski definition) is 0. The molecule has 0 saturated carbocycles. The smallest absolute Gasteiger partial charge is 0.227 e. The van der Waals surface area contributed by atoms with Crippen LogP contribution in [-0.4, -0.2) is 55.3 Å². The number of rotatable bonds is 5. The predicted molar refractivity (Wildman–Crippen MR) is 95.4 cm³/mol. The van der Waals surface area contributed by atoms with E-state index in [1.807, 2.05) is 29.2 Å². The second-order valence-corrected chi connectivity index (χ2v) is 7.41. The molecular formula is C18H24N2O3S. The Morgan fingerprint density at radius 2 is 2.17 bits per heavy atom. The van der Waals surface area contributed by atoms with Crippen LogP contribution in [0.25, 0.3) is 0 Å². The maximum absolute atomic E-state index is 12.6. The average Bonchev–Trinajstić information content (AvgIpc) is 3.11. The lowest BCUT2D eigenvalue weighted by Crippen LogP contribution is -2.37. The second kappa shape index (κ2) is 8.03. The van der Waals surface area contributed by atoms with Crippen LogP contribution in [0.4, 0.5) is 5.69 Å². The molecule has 1 aromatic carbocycles. The molecule has 2 aliphatic rings. The quantitative estimate of drug-likeness (QED) is 0.820. The zero-order valence-corrected chi connectivity index (χ0v) is 14.9. The topological polar surface area (TPSA) is 49.9 Å². The van der Waals surface area contributed by atoms with Crippen molar-refractivity contribution in [2.24, 2.45) is 0 Å². The number of carbonyl (C=O) groups excluding carboxylic acids is 2. The summed E-state index contributed by atoms with van der Waals surface area (Å²) in [5.74, 6) is 0.940. The molecule has 6 heteroatoms. The maximum atomic E-state index is 12.6. The number of para-hydroxylation sites is 1.